The Balaban J connectivity index is 1.78. The molecule has 1 unspecified atom stereocenters. The van der Waals surface area contributed by atoms with Gasteiger partial charge in [0.1, 0.15) is 0 Å². The molecule has 1 aromatic carbocycles. The molecule has 3 rings (SSSR count). The van der Waals surface area contributed by atoms with E-state index in [1.54, 1.807) is 4.90 Å². The zero-order valence-electron chi connectivity index (χ0n) is 11.6. The summed E-state index contributed by atoms with van der Waals surface area (Å²) in [6.07, 6.45) is 0.387. The number of amides is 1. The minimum atomic E-state index is 0.0138. The number of aromatic nitrogens is 2. The molecule has 2 heterocycles. The lowest BCUT2D eigenvalue weighted by Gasteiger charge is -2.12. The highest BCUT2D eigenvalue weighted by atomic mass is 32.2. The number of carbonyl (C=O) groups is 2. The van der Waals surface area contributed by atoms with Gasteiger partial charge >= 0.3 is 0 Å². The second-order valence-corrected chi connectivity index (χ2v) is 6.42. The maximum Gasteiger partial charge on any atom is 0.229 e. The minimum absolute atomic E-state index is 0.0138. The monoisotopic (exact) mass is 301 g/mol. The van der Waals surface area contributed by atoms with Crippen LogP contribution >= 0.6 is 11.8 Å². The minimum Gasteiger partial charge on any atom is -0.294 e. The number of rotatable bonds is 3. The van der Waals surface area contributed by atoms with Crippen molar-refractivity contribution >= 4 is 28.6 Å². The van der Waals surface area contributed by atoms with Gasteiger partial charge in [0.2, 0.25) is 5.91 Å². The van der Waals surface area contributed by atoms with Crippen molar-refractivity contribution in [2.45, 2.75) is 18.6 Å². The molecule has 0 aliphatic carbocycles. The maximum absolute atomic E-state index is 12.1. The van der Waals surface area contributed by atoms with E-state index in [1.807, 2.05) is 36.4 Å². The van der Waals surface area contributed by atoms with E-state index >= 15 is 0 Å². The molecule has 1 aliphatic rings. The molecule has 1 amide bonds. The van der Waals surface area contributed by atoms with Crippen molar-refractivity contribution in [1.29, 1.82) is 0 Å². The molecule has 1 aromatic heterocycles. The second-order valence-electron chi connectivity index (χ2n) is 4.95. The topological polar surface area (TPSA) is 66.1 Å². The van der Waals surface area contributed by atoms with E-state index in [0.717, 1.165) is 11.3 Å². The van der Waals surface area contributed by atoms with E-state index in [4.69, 9.17) is 0 Å². The molecule has 108 valence electrons. The van der Waals surface area contributed by atoms with Crippen LogP contribution in [-0.2, 0) is 9.59 Å². The first kappa shape index (κ1) is 13.9. The van der Waals surface area contributed by atoms with Crippen LogP contribution in [0.5, 0.6) is 0 Å². The van der Waals surface area contributed by atoms with E-state index < -0.39 is 0 Å². The second kappa shape index (κ2) is 5.73. The standard InChI is InChI=1S/C15H15N3O2S/c1-10(19)21-12-7-15(20)18(9-12)14-8-13(16-17-14)11-5-3-2-4-6-11/h2-6,8,12H,7,9H2,1H3,(H,16,17). The third kappa shape index (κ3) is 3.00. The molecular weight excluding hydrogens is 286 g/mol. The van der Waals surface area contributed by atoms with Crippen molar-refractivity contribution in [3.8, 4) is 11.3 Å². The molecule has 1 N–H and O–H groups in total. The Kier molecular flexibility index (Phi) is 3.79. The quantitative estimate of drug-likeness (QED) is 0.945. The fourth-order valence-corrected chi connectivity index (χ4v) is 3.34. The van der Waals surface area contributed by atoms with Crippen LogP contribution < -0.4 is 4.90 Å². The van der Waals surface area contributed by atoms with Crippen molar-refractivity contribution in [1.82, 2.24) is 10.2 Å². The highest BCUT2D eigenvalue weighted by Crippen LogP contribution is 2.29. The molecule has 6 heteroatoms. The van der Waals surface area contributed by atoms with E-state index in [0.29, 0.717) is 18.8 Å². The van der Waals surface area contributed by atoms with Crippen LogP contribution in [0.1, 0.15) is 13.3 Å². The molecule has 0 radical (unpaired) electrons. The molecular formula is C15H15N3O2S. The smallest absolute Gasteiger partial charge is 0.229 e. The van der Waals surface area contributed by atoms with Crippen molar-refractivity contribution < 1.29 is 9.59 Å². The van der Waals surface area contributed by atoms with Crippen molar-refractivity contribution in [2.75, 3.05) is 11.4 Å². The van der Waals surface area contributed by atoms with E-state index in [-0.39, 0.29) is 16.3 Å². The number of nitrogens with zero attached hydrogens (tertiary/aromatic N) is 2. The molecule has 0 bridgehead atoms. The van der Waals surface area contributed by atoms with Crippen molar-refractivity contribution in [3.05, 3.63) is 36.4 Å². The molecule has 5 nitrogen and oxygen atoms in total. The summed E-state index contributed by atoms with van der Waals surface area (Å²) in [5, 5.41) is 7.25. The predicted molar refractivity (Wildman–Crippen MR) is 83.1 cm³/mol. The Morgan fingerprint density at radius 2 is 2.14 bits per heavy atom. The first-order chi connectivity index (χ1) is 10.1. The molecule has 1 saturated heterocycles. The average Bonchev–Trinajstić information content (AvgIpc) is 3.06. The largest absolute Gasteiger partial charge is 0.294 e. The van der Waals surface area contributed by atoms with E-state index in [2.05, 4.69) is 10.2 Å². The summed E-state index contributed by atoms with van der Waals surface area (Å²) < 4.78 is 0. The molecule has 1 atom stereocenters. The zero-order valence-corrected chi connectivity index (χ0v) is 12.4. The van der Waals surface area contributed by atoms with Gasteiger partial charge in [0.15, 0.2) is 10.9 Å². The highest BCUT2D eigenvalue weighted by Gasteiger charge is 2.33. The lowest BCUT2D eigenvalue weighted by molar-refractivity contribution is -0.117. The first-order valence-corrected chi connectivity index (χ1v) is 7.60. The maximum atomic E-state index is 12.1. The summed E-state index contributed by atoms with van der Waals surface area (Å²) >= 11 is 1.23. The number of thioether (sulfide) groups is 1. The number of aromatic amines is 1. The van der Waals surface area contributed by atoms with Gasteiger partial charge in [-0.15, -0.1) is 0 Å². The van der Waals surface area contributed by atoms with Gasteiger partial charge in [-0.3, -0.25) is 19.6 Å². The number of carbonyl (C=O) groups excluding carboxylic acids is 2. The lowest BCUT2D eigenvalue weighted by Crippen LogP contribution is -2.25. The van der Waals surface area contributed by atoms with Crippen LogP contribution in [0.15, 0.2) is 36.4 Å². The van der Waals surface area contributed by atoms with Gasteiger partial charge in [-0.25, -0.2) is 0 Å². The summed E-state index contributed by atoms with van der Waals surface area (Å²) in [7, 11) is 0. The summed E-state index contributed by atoms with van der Waals surface area (Å²) in [5.74, 6) is 0.630. The number of nitrogens with one attached hydrogen (secondary N) is 1. The zero-order chi connectivity index (χ0) is 14.8. The van der Waals surface area contributed by atoms with Crippen LogP contribution in [-0.4, -0.2) is 33.0 Å². The molecule has 1 fully saturated rings. The Morgan fingerprint density at radius 1 is 1.38 bits per heavy atom. The van der Waals surface area contributed by atoms with Crippen molar-refractivity contribution in [2.24, 2.45) is 0 Å². The van der Waals surface area contributed by atoms with Crippen LogP contribution in [0.4, 0.5) is 5.82 Å². The summed E-state index contributed by atoms with van der Waals surface area (Å²) in [6, 6.07) is 11.7. The van der Waals surface area contributed by atoms with Crippen LogP contribution in [0, 0.1) is 0 Å². The normalized spacial score (nSPS) is 18.2. The Morgan fingerprint density at radius 3 is 2.86 bits per heavy atom. The molecule has 1 aliphatic heterocycles. The number of anilines is 1. The first-order valence-electron chi connectivity index (χ1n) is 6.72. The Bertz CT molecular complexity index is 669. The third-order valence-corrected chi connectivity index (χ3v) is 4.33. The number of benzene rings is 1. The van der Waals surface area contributed by atoms with Gasteiger partial charge in [0, 0.05) is 31.2 Å². The van der Waals surface area contributed by atoms with Gasteiger partial charge < -0.3 is 0 Å². The molecule has 0 spiro atoms. The molecule has 0 saturated carbocycles. The third-order valence-electron chi connectivity index (χ3n) is 3.35. The van der Waals surface area contributed by atoms with Crippen LogP contribution in [0.25, 0.3) is 11.3 Å². The lowest BCUT2D eigenvalue weighted by atomic mass is 10.1. The Hall–Kier alpha value is -2.08. The van der Waals surface area contributed by atoms with Gasteiger partial charge in [-0.1, -0.05) is 42.1 Å². The van der Waals surface area contributed by atoms with Gasteiger partial charge in [0.25, 0.3) is 0 Å². The van der Waals surface area contributed by atoms with E-state index in [1.165, 1.54) is 18.7 Å². The van der Waals surface area contributed by atoms with Gasteiger partial charge in [-0.05, 0) is 5.56 Å². The molecule has 21 heavy (non-hydrogen) atoms. The summed E-state index contributed by atoms with van der Waals surface area (Å²) in [6.45, 7) is 2.06. The van der Waals surface area contributed by atoms with E-state index in [9.17, 15) is 9.59 Å². The fraction of sp³-hybridized carbons (Fsp3) is 0.267. The summed E-state index contributed by atoms with van der Waals surface area (Å²) in [4.78, 5) is 24.9. The fourth-order valence-electron chi connectivity index (χ4n) is 2.42. The van der Waals surface area contributed by atoms with Crippen LogP contribution in [0.2, 0.25) is 0 Å². The average molecular weight is 301 g/mol. The number of hydrogen-bond acceptors (Lipinski definition) is 4. The van der Waals surface area contributed by atoms with Crippen molar-refractivity contribution in [3.63, 3.8) is 0 Å². The number of H-pyrrole nitrogens is 1. The number of hydrogen-bond donors (Lipinski definition) is 1. The van der Waals surface area contributed by atoms with Gasteiger partial charge in [0.05, 0.1) is 5.69 Å². The highest BCUT2D eigenvalue weighted by molar-refractivity contribution is 8.14. The molecule has 2 aromatic rings. The van der Waals surface area contributed by atoms with Crippen LogP contribution in [0.3, 0.4) is 0 Å². The van der Waals surface area contributed by atoms with Gasteiger partial charge in [-0.2, -0.15) is 5.10 Å². The predicted octanol–water partition coefficient (Wildman–Crippen LogP) is 2.46. The SMILES string of the molecule is CC(=O)SC1CC(=O)N(c2cc(-c3ccccc3)[nH]n2)C1. The Labute approximate surface area is 126 Å². The summed E-state index contributed by atoms with van der Waals surface area (Å²) in [5.41, 5.74) is 1.90.